The first-order valence-corrected chi connectivity index (χ1v) is 9.23. The lowest BCUT2D eigenvalue weighted by atomic mass is 9.96. The second-order valence-corrected chi connectivity index (χ2v) is 6.95. The first-order valence-electron chi connectivity index (χ1n) is 9.23. The fourth-order valence-electron chi connectivity index (χ4n) is 3.71. The minimum atomic E-state index is 0.0839. The average molecular weight is 331 g/mol. The highest BCUT2D eigenvalue weighted by molar-refractivity contribution is 5.79. The van der Waals surface area contributed by atoms with E-state index >= 15 is 0 Å². The summed E-state index contributed by atoms with van der Waals surface area (Å²) in [7, 11) is 0. The van der Waals surface area contributed by atoms with Crippen LogP contribution in [0, 0.1) is 12.8 Å². The van der Waals surface area contributed by atoms with Gasteiger partial charge >= 0.3 is 0 Å². The van der Waals surface area contributed by atoms with Gasteiger partial charge in [-0.15, -0.1) is 0 Å². The Morgan fingerprint density at radius 1 is 1.25 bits per heavy atom. The molecule has 3 heterocycles. The maximum absolute atomic E-state index is 12.9. The molecule has 1 aromatic rings. The minimum absolute atomic E-state index is 0.0839. The molecule has 0 aliphatic carbocycles. The maximum Gasteiger partial charge on any atom is 0.227 e. The maximum atomic E-state index is 12.9. The van der Waals surface area contributed by atoms with Gasteiger partial charge in [0, 0.05) is 51.2 Å². The molecule has 132 valence electrons. The van der Waals surface area contributed by atoms with Crippen molar-refractivity contribution in [1.82, 2.24) is 19.8 Å². The summed E-state index contributed by atoms with van der Waals surface area (Å²) in [5.74, 6) is 1.17. The Morgan fingerprint density at radius 2 is 2.04 bits per heavy atom. The predicted molar refractivity (Wildman–Crippen MR) is 95.0 cm³/mol. The summed E-state index contributed by atoms with van der Waals surface area (Å²) in [6, 6.07) is 1.91. The van der Waals surface area contributed by atoms with Gasteiger partial charge in [0.1, 0.15) is 0 Å². The fourth-order valence-corrected chi connectivity index (χ4v) is 3.71. The van der Waals surface area contributed by atoms with E-state index < -0.39 is 0 Å². The summed E-state index contributed by atoms with van der Waals surface area (Å²) in [5, 5.41) is 0. The largest absolute Gasteiger partial charge is 0.340 e. The number of piperidine rings is 1. The lowest BCUT2D eigenvalue weighted by Gasteiger charge is -2.39. The van der Waals surface area contributed by atoms with Crippen LogP contribution in [-0.2, 0) is 4.79 Å². The summed E-state index contributed by atoms with van der Waals surface area (Å²) in [6.45, 7) is 10.8. The highest BCUT2D eigenvalue weighted by atomic mass is 16.2. The highest BCUT2D eigenvalue weighted by Gasteiger charge is 2.31. The number of anilines is 1. The van der Waals surface area contributed by atoms with Crippen LogP contribution in [0.5, 0.6) is 0 Å². The van der Waals surface area contributed by atoms with Crippen molar-refractivity contribution in [3.05, 3.63) is 18.0 Å². The van der Waals surface area contributed by atoms with Crippen molar-refractivity contribution < 1.29 is 4.79 Å². The molecule has 0 N–H and O–H groups in total. The van der Waals surface area contributed by atoms with Crippen molar-refractivity contribution in [3.63, 3.8) is 0 Å². The van der Waals surface area contributed by atoms with Gasteiger partial charge in [-0.05, 0) is 38.8 Å². The van der Waals surface area contributed by atoms with E-state index in [1.807, 2.05) is 13.0 Å². The molecule has 0 radical (unpaired) electrons. The molecule has 1 aromatic heterocycles. The number of nitrogens with zero attached hydrogens (tertiary/aromatic N) is 5. The molecule has 3 rings (SSSR count). The summed E-state index contributed by atoms with van der Waals surface area (Å²) < 4.78 is 0. The summed E-state index contributed by atoms with van der Waals surface area (Å²) >= 11 is 0. The van der Waals surface area contributed by atoms with Gasteiger partial charge in [0.2, 0.25) is 11.9 Å². The van der Waals surface area contributed by atoms with E-state index in [1.54, 1.807) is 6.20 Å². The number of piperazine rings is 1. The monoisotopic (exact) mass is 331 g/mol. The van der Waals surface area contributed by atoms with Crippen LogP contribution in [0.2, 0.25) is 0 Å². The van der Waals surface area contributed by atoms with Crippen LogP contribution < -0.4 is 4.90 Å². The second-order valence-electron chi connectivity index (χ2n) is 6.95. The minimum Gasteiger partial charge on any atom is -0.340 e. The molecule has 2 fully saturated rings. The van der Waals surface area contributed by atoms with Crippen molar-refractivity contribution in [2.75, 3.05) is 50.7 Å². The Labute approximate surface area is 144 Å². The Kier molecular flexibility index (Phi) is 5.66. The molecule has 0 aromatic carbocycles. The molecule has 2 aliphatic heterocycles. The van der Waals surface area contributed by atoms with Crippen molar-refractivity contribution in [3.8, 4) is 0 Å². The van der Waals surface area contributed by atoms with Crippen molar-refractivity contribution in [2.45, 2.75) is 33.1 Å². The molecule has 2 aliphatic rings. The number of carbonyl (C=O) groups is 1. The summed E-state index contributed by atoms with van der Waals surface area (Å²) in [5.41, 5.74) is 0.973. The Hall–Kier alpha value is -1.69. The Balaban J connectivity index is 1.57. The number of carbonyl (C=O) groups excluding carboxylic acids is 1. The zero-order valence-corrected chi connectivity index (χ0v) is 14.9. The van der Waals surface area contributed by atoms with E-state index in [4.69, 9.17) is 0 Å². The average Bonchev–Trinajstić information content (AvgIpc) is 2.62. The van der Waals surface area contributed by atoms with E-state index in [0.29, 0.717) is 5.91 Å². The predicted octanol–water partition coefficient (Wildman–Crippen LogP) is 1.56. The Morgan fingerprint density at radius 3 is 2.75 bits per heavy atom. The SMILES string of the molecule is CCCN1CCN(C(=O)[C@@H]2CCCN(c3nccc(C)n3)C2)CC1. The second kappa shape index (κ2) is 7.92. The van der Waals surface area contributed by atoms with E-state index in [1.165, 1.54) is 6.42 Å². The van der Waals surface area contributed by atoms with Crippen LogP contribution in [0.15, 0.2) is 12.3 Å². The van der Waals surface area contributed by atoms with Crippen LogP contribution >= 0.6 is 0 Å². The molecule has 2 saturated heterocycles. The zero-order chi connectivity index (χ0) is 16.9. The number of aryl methyl sites for hydroxylation is 1. The quantitative estimate of drug-likeness (QED) is 0.838. The lowest BCUT2D eigenvalue weighted by Crippen LogP contribution is -2.52. The number of aromatic nitrogens is 2. The third-order valence-electron chi connectivity index (χ3n) is 5.06. The van der Waals surface area contributed by atoms with Crippen molar-refractivity contribution in [2.24, 2.45) is 5.92 Å². The van der Waals surface area contributed by atoms with E-state index in [0.717, 1.165) is 70.3 Å². The van der Waals surface area contributed by atoms with Crippen LogP contribution in [0.4, 0.5) is 5.95 Å². The molecule has 1 amide bonds. The molecule has 24 heavy (non-hydrogen) atoms. The van der Waals surface area contributed by atoms with Gasteiger partial charge in [-0.25, -0.2) is 9.97 Å². The van der Waals surface area contributed by atoms with Gasteiger partial charge in [-0.2, -0.15) is 0 Å². The molecule has 1 atom stereocenters. The van der Waals surface area contributed by atoms with Gasteiger partial charge in [0.15, 0.2) is 0 Å². The van der Waals surface area contributed by atoms with Crippen LogP contribution in [0.3, 0.4) is 0 Å². The molecular formula is C18H29N5O. The standard InChI is InChI=1S/C18H29N5O/c1-3-8-21-10-12-22(13-11-21)17(24)16-5-4-9-23(14-16)18-19-7-6-15(2)20-18/h6-7,16H,3-5,8-14H2,1-2H3/t16-/m1/s1. The van der Waals surface area contributed by atoms with Crippen LogP contribution in [-0.4, -0.2) is 71.5 Å². The van der Waals surface area contributed by atoms with Gasteiger partial charge in [0.25, 0.3) is 0 Å². The van der Waals surface area contributed by atoms with E-state index in [9.17, 15) is 4.79 Å². The van der Waals surface area contributed by atoms with Crippen LogP contribution in [0.25, 0.3) is 0 Å². The Bertz CT molecular complexity index is 556. The molecule has 0 bridgehead atoms. The van der Waals surface area contributed by atoms with Crippen molar-refractivity contribution >= 4 is 11.9 Å². The van der Waals surface area contributed by atoms with Gasteiger partial charge in [-0.1, -0.05) is 6.92 Å². The molecular weight excluding hydrogens is 302 g/mol. The smallest absolute Gasteiger partial charge is 0.227 e. The van der Waals surface area contributed by atoms with E-state index in [2.05, 4.69) is 31.6 Å². The summed E-state index contributed by atoms with van der Waals surface area (Å²) in [6.07, 6.45) is 5.00. The van der Waals surface area contributed by atoms with Crippen LogP contribution in [0.1, 0.15) is 31.9 Å². The molecule has 0 unspecified atom stereocenters. The van der Waals surface area contributed by atoms with Gasteiger partial charge in [-0.3, -0.25) is 9.69 Å². The zero-order valence-electron chi connectivity index (χ0n) is 14.9. The number of rotatable bonds is 4. The molecule has 6 heteroatoms. The van der Waals surface area contributed by atoms with Gasteiger partial charge < -0.3 is 9.80 Å². The summed E-state index contributed by atoms with van der Waals surface area (Å²) in [4.78, 5) is 28.5. The third-order valence-corrected chi connectivity index (χ3v) is 5.06. The fraction of sp³-hybridized carbons (Fsp3) is 0.722. The topological polar surface area (TPSA) is 52.6 Å². The normalized spacial score (nSPS) is 22.7. The first-order chi connectivity index (χ1) is 11.7. The van der Waals surface area contributed by atoms with Crippen molar-refractivity contribution in [1.29, 1.82) is 0 Å². The molecule has 0 saturated carbocycles. The van der Waals surface area contributed by atoms with Gasteiger partial charge in [0.05, 0.1) is 5.92 Å². The number of hydrogen-bond donors (Lipinski definition) is 0. The lowest BCUT2D eigenvalue weighted by molar-refractivity contribution is -0.137. The molecule has 0 spiro atoms. The molecule has 6 nitrogen and oxygen atoms in total. The third kappa shape index (κ3) is 4.04. The number of amides is 1. The first kappa shape index (κ1) is 17.1. The highest BCUT2D eigenvalue weighted by Crippen LogP contribution is 2.22. The van der Waals surface area contributed by atoms with E-state index in [-0.39, 0.29) is 5.92 Å². The number of hydrogen-bond acceptors (Lipinski definition) is 5.